The maximum absolute atomic E-state index is 13.5. The summed E-state index contributed by atoms with van der Waals surface area (Å²) in [5.74, 6) is -0.0827. The van der Waals surface area contributed by atoms with Crippen LogP contribution >= 0.6 is 22.6 Å². The molecule has 6 heteroatoms. The highest BCUT2D eigenvalue weighted by molar-refractivity contribution is 14.1. The Kier molecular flexibility index (Phi) is 6.14. The summed E-state index contributed by atoms with van der Waals surface area (Å²) in [5, 5.41) is 2.78. The van der Waals surface area contributed by atoms with Gasteiger partial charge in [-0.1, -0.05) is 26.0 Å². The van der Waals surface area contributed by atoms with Crippen molar-refractivity contribution in [3.05, 3.63) is 63.0 Å². The van der Waals surface area contributed by atoms with Gasteiger partial charge in [-0.15, -0.1) is 0 Å². The van der Waals surface area contributed by atoms with Gasteiger partial charge >= 0.3 is 0 Å². The fourth-order valence-corrected chi connectivity index (χ4v) is 4.22. The van der Waals surface area contributed by atoms with E-state index in [0.717, 1.165) is 6.42 Å². The van der Waals surface area contributed by atoms with Crippen LogP contribution in [0.2, 0.25) is 0 Å². The van der Waals surface area contributed by atoms with Crippen molar-refractivity contribution >= 4 is 40.1 Å². The molecule has 2 unspecified atom stereocenters. The molecule has 27 heavy (non-hydrogen) atoms. The molecule has 2 atom stereocenters. The van der Waals surface area contributed by atoms with Crippen LogP contribution in [0.15, 0.2) is 42.5 Å². The van der Waals surface area contributed by atoms with Crippen molar-refractivity contribution in [2.75, 3.05) is 18.4 Å². The van der Waals surface area contributed by atoms with Gasteiger partial charge in [0, 0.05) is 16.7 Å². The van der Waals surface area contributed by atoms with Gasteiger partial charge in [0.05, 0.1) is 16.8 Å². The minimum Gasteiger partial charge on any atom is -0.338 e. The highest BCUT2D eigenvalue weighted by atomic mass is 127. The van der Waals surface area contributed by atoms with Crippen molar-refractivity contribution in [2.45, 2.75) is 20.3 Å². The molecule has 1 aliphatic rings. The largest absolute Gasteiger partial charge is 0.338 e. The van der Waals surface area contributed by atoms with E-state index in [0.29, 0.717) is 39.7 Å². The quantitative estimate of drug-likeness (QED) is 0.642. The molecule has 2 aromatic rings. The van der Waals surface area contributed by atoms with Gasteiger partial charge in [-0.2, -0.15) is 0 Å². The first kappa shape index (κ1) is 19.8. The fraction of sp³-hybridized carbons (Fsp3) is 0.333. The Morgan fingerprint density at radius 1 is 1.07 bits per heavy atom. The van der Waals surface area contributed by atoms with Crippen molar-refractivity contribution in [1.82, 2.24) is 4.90 Å². The van der Waals surface area contributed by atoms with E-state index in [-0.39, 0.29) is 11.5 Å². The fourth-order valence-electron chi connectivity index (χ4n) is 3.64. The van der Waals surface area contributed by atoms with E-state index < -0.39 is 11.7 Å². The number of amides is 2. The molecule has 0 saturated carbocycles. The number of benzene rings is 2. The van der Waals surface area contributed by atoms with E-state index in [2.05, 4.69) is 19.2 Å². The second kappa shape index (κ2) is 8.37. The molecular formula is C21H22FIN2O2. The molecule has 142 valence electrons. The lowest BCUT2D eigenvalue weighted by Crippen LogP contribution is -2.42. The Morgan fingerprint density at radius 3 is 2.44 bits per heavy atom. The SMILES string of the molecule is CC1CC(C)CN(C(=O)c2ccccc2NC(=O)c2cc(F)ccc2I)C1. The number of carbonyl (C=O) groups is 2. The number of hydrogen-bond acceptors (Lipinski definition) is 2. The van der Waals surface area contributed by atoms with Gasteiger partial charge in [0.25, 0.3) is 11.8 Å². The van der Waals surface area contributed by atoms with Gasteiger partial charge in [-0.3, -0.25) is 9.59 Å². The minimum atomic E-state index is -0.471. The number of anilines is 1. The number of hydrogen-bond donors (Lipinski definition) is 1. The van der Waals surface area contributed by atoms with E-state index in [1.807, 2.05) is 27.5 Å². The molecule has 4 nitrogen and oxygen atoms in total. The van der Waals surface area contributed by atoms with Crippen LogP contribution in [-0.2, 0) is 0 Å². The van der Waals surface area contributed by atoms with E-state index >= 15 is 0 Å². The number of nitrogens with zero attached hydrogens (tertiary/aromatic N) is 1. The van der Waals surface area contributed by atoms with Crippen molar-refractivity contribution in [2.24, 2.45) is 11.8 Å². The normalized spacial score (nSPS) is 19.6. The Labute approximate surface area is 172 Å². The third kappa shape index (κ3) is 4.66. The Hall–Kier alpha value is -1.96. The highest BCUT2D eigenvalue weighted by Gasteiger charge is 2.27. The summed E-state index contributed by atoms with van der Waals surface area (Å²) in [6.45, 7) is 5.73. The van der Waals surface area contributed by atoms with Gasteiger partial charge in [-0.05, 0) is 71.2 Å². The van der Waals surface area contributed by atoms with Gasteiger partial charge in [0.2, 0.25) is 0 Å². The predicted octanol–water partition coefficient (Wildman–Crippen LogP) is 4.80. The average molecular weight is 480 g/mol. The number of nitrogens with one attached hydrogen (secondary N) is 1. The molecule has 1 heterocycles. The molecule has 1 N–H and O–H groups in total. The number of para-hydroxylation sites is 1. The molecule has 3 rings (SSSR count). The van der Waals surface area contributed by atoms with Crippen LogP contribution < -0.4 is 5.32 Å². The molecule has 0 aromatic heterocycles. The zero-order chi connectivity index (χ0) is 19.6. The third-order valence-electron chi connectivity index (χ3n) is 4.73. The van der Waals surface area contributed by atoms with Gasteiger partial charge in [0.15, 0.2) is 0 Å². The molecule has 0 radical (unpaired) electrons. The Bertz CT molecular complexity index is 861. The smallest absolute Gasteiger partial charge is 0.256 e. The first-order valence-corrected chi connectivity index (χ1v) is 10.1. The van der Waals surface area contributed by atoms with Crippen molar-refractivity contribution < 1.29 is 14.0 Å². The van der Waals surface area contributed by atoms with Crippen molar-refractivity contribution in [1.29, 1.82) is 0 Å². The summed E-state index contributed by atoms with van der Waals surface area (Å²) >= 11 is 1.99. The van der Waals surface area contributed by atoms with Crippen LogP contribution in [0.4, 0.5) is 10.1 Å². The lowest BCUT2D eigenvalue weighted by Gasteiger charge is -2.35. The van der Waals surface area contributed by atoms with Gasteiger partial charge in [0.1, 0.15) is 5.82 Å². The van der Waals surface area contributed by atoms with Crippen LogP contribution in [-0.4, -0.2) is 29.8 Å². The zero-order valence-electron chi connectivity index (χ0n) is 15.3. The van der Waals surface area contributed by atoms with E-state index in [9.17, 15) is 14.0 Å². The summed E-state index contributed by atoms with van der Waals surface area (Å²) in [4.78, 5) is 27.6. The Balaban J connectivity index is 1.84. The lowest BCUT2D eigenvalue weighted by molar-refractivity contribution is 0.0624. The summed E-state index contributed by atoms with van der Waals surface area (Å²) < 4.78 is 14.2. The van der Waals surface area contributed by atoms with Gasteiger partial charge in [-0.25, -0.2) is 4.39 Å². The maximum Gasteiger partial charge on any atom is 0.256 e. The number of rotatable bonds is 3. The Morgan fingerprint density at radius 2 is 1.74 bits per heavy atom. The summed E-state index contributed by atoms with van der Waals surface area (Å²) in [6, 6.07) is 11.0. The van der Waals surface area contributed by atoms with Crippen LogP contribution in [0.1, 0.15) is 41.0 Å². The molecule has 2 amide bonds. The number of halogens is 2. The molecule has 0 spiro atoms. The topological polar surface area (TPSA) is 49.4 Å². The van der Waals surface area contributed by atoms with E-state index in [1.54, 1.807) is 30.3 Å². The van der Waals surface area contributed by atoms with Crippen molar-refractivity contribution in [3.63, 3.8) is 0 Å². The molecule has 1 saturated heterocycles. The molecule has 2 aromatic carbocycles. The van der Waals surface area contributed by atoms with Gasteiger partial charge < -0.3 is 10.2 Å². The lowest BCUT2D eigenvalue weighted by atomic mass is 9.91. The van der Waals surface area contributed by atoms with E-state index in [1.165, 1.54) is 12.1 Å². The van der Waals surface area contributed by atoms with Crippen LogP contribution in [0.5, 0.6) is 0 Å². The first-order valence-electron chi connectivity index (χ1n) is 9.00. The molecule has 0 bridgehead atoms. The summed E-state index contributed by atoms with van der Waals surface area (Å²) in [5.41, 5.74) is 1.15. The van der Waals surface area contributed by atoms with Crippen molar-refractivity contribution in [3.8, 4) is 0 Å². The average Bonchev–Trinajstić information content (AvgIpc) is 2.62. The standard InChI is InChI=1S/C21H22FIN2O2/c1-13-9-14(2)12-25(11-13)21(27)16-5-3-4-6-19(16)24-20(26)17-10-15(22)7-8-18(17)23/h3-8,10,13-14H,9,11-12H2,1-2H3,(H,24,26). The molecule has 0 aliphatic carbocycles. The first-order chi connectivity index (χ1) is 12.8. The minimum absolute atomic E-state index is 0.0850. The third-order valence-corrected chi connectivity index (χ3v) is 5.68. The summed E-state index contributed by atoms with van der Waals surface area (Å²) in [6.07, 6.45) is 1.11. The molecule has 1 fully saturated rings. The number of piperidine rings is 1. The number of carbonyl (C=O) groups excluding carboxylic acids is 2. The zero-order valence-corrected chi connectivity index (χ0v) is 17.5. The van der Waals surface area contributed by atoms with Crippen LogP contribution in [0.3, 0.4) is 0 Å². The second-order valence-electron chi connectivity index (χ2n) is 7.28. The number of likely N-dealkylation sites (tertiary alicyclic amines) is 1. The maximum atomic E-state index is 13.5. The molecule has 1 aliphatic heterocycles. The predicted molar refractivity (Wildman–Crippen MR) is 112 cm³/mol. The summed E-state index contributed by atoms with van der Waals surface area (Å²) in [7, 11) is 0. The van der Waals surface area contributed by atoms with E-state index in [4.69, 9.17) is 0 Å². The monoisotopic (exact) mass is 480 g/mol. The second-order valence-corrected chi connectivity index (χ2v) is 8.44. The molecular weight excluding hydrogens is 458 g/mol. The van der Waals surface area contributed by atoms with Crippen LogP contribution in [0.25, 0.3) is 0 Å². The van der Waals surface area contributed by atoms with Crippen LogP contribution in [0, 0.1) is 21.2 Å². The highest BCUT2D eigenvalue weighted by Crippen LogP contribution is 2.25.